The third-order valence-electron chi connectivity index (χ3n) is 4.32. The molecule has 0 aromatic heterocycles. The van der Waals surface area contributed by atoms with Crippen LogP contribution in [0.1, 0.15) is 24.0 Å². The van der Waals surface area contributed by atoms with Crippen molar-refractivity contribution in [3.63, 3.8) is 0 Å². The zero-order valence-electron chi connectivity index (χ0n) is 15.2. The van der Waals surface area contributed by atoms with E-state index in [0.717, 1.165) is 30.4 Å². The number of amides is 2. The van der Waals surface area contributed by atoms with Crippen LogP contribution in [-0.2, 0) is 22.4 Å². The molecular formula is C21H25N3O3. The molecule has 1 aliphatic rings. The van der Waals surface area contributed by atoms with E-state index in [4.69, 9.17) is 10.5 Å². The predicted molar refractivity (Wildman–Crippen MR) is 104 cm³/mol. The summed E-state index contributed by atoms with van der Waals surface area (Å²) in [5.74, 6) is 0.573. The van der Waals surface area contributed by atoms with Gasteiger partial charge in [-0.15, -0.1) is 0 Å². The molecule has 0 radical (unpaired) electrons. The standard InChI is InChI=1S/C21H25N3O3/c22-17-5-1-16(2-6-17)13-20(25)23-12-11-15-3-9-19(10-4-15)27-14-21(26)24-18-7-8-18/h1-6,9-10,18H,7-8,11-14,22H2,(H,23,25)(H,24,26). The van der Waals surface area contributed by atoms with Crippen molar-refractivity contribution in [1.29, 1.82) is 0 Å². The van der Waals surface area contributed by atoms with Gasteiger partial charge in [-0.05, 0) is 54.7 Å². The van der Waals surface area contributed by atoms with E-state index in [1.54, 1.807) is 12.1 Å². The lowest BCUT2D eigenvalue weighted by molar-refractivity contribution is -0.123. The molecule has 0 saturated heterocycles. The van der Waals surface area contributed by atoms with Crippen molar-refractivity contribution in [2.24, 2.45) is 0 Å². The van der Waals surface area contributed by atoms with Gasteiger partial charge >= 0.3 is 0 Å². The Bertz CT molecular complexity index is 768. The fourth-order valence-corrected chi connectivity index (χ4v) is 2.63. The average molecular weight is 367 g/mol. The highest BCUT2D eigenvalue weighted by Gasteiger charge is 2.23. The molecule has 2 aromatic carbocycles. The molecule has 3 rings (SSSR count). The second-order valence-corrected chi connectivity index (χ2v) is 6.79. The van der Waals surface area contributed by atoms with Crippen LogP contribution in [0.5, 0.6) is 5.75 Å². The Kier molecular flexibility index (Phi) is 6.30. The summed E-state index contributed by atoms with van der Waals surface area (Å²) < 4.78 is 5.48. The monoisotopic (exact) mass is 367 g/mol. The van der Waals surface area contributed by atoms with Crippen molar-refractivity contribution in [1.82, 2.24) is 10.6 Å². The second kappa shape index (κ2) is 9.07. The highest BCUT2D eigenvalue weighted by atomic mass is 16.5. The van der Waals surface area contributed by atoms with Crippen molar-refractivity contribution in [2.45, 2.75) is 31.7 Å². The first-order chi connectivity index (χ1) is 13.1. The first-order valence-corrected chi connectivity index (χ1v) is 9.21. The zero-order valence-corrected chi connectivity index (χ0v) is 15.2. The normalized spacial score (nSPS) is 13.0. The molecular weight excluding hydrogens is 342 g/mol. The van der Waals surface area contributed by atoms with Crippen LogP contribution in [0.15, 0.2) is 48.5 Å². The van der Waals surface area contributed by atoms with Gasteiger partial charge in [-0.2, -0.15) is 0 Å². The number of nitrogens with two attached hydrogens (primary N) is 1. The van der Waals surface area contributed by atoms with E-state index in [1.807, 2.05) is 36.4 Å². The van der Waals surface area contributed by atoms with E-state index in [-0.39, 0.29) is 18.4 Å². The first-order valence-electron chi connectivity index (χ1n) is 9.21. The Morgan fingerprint density at radius 1 is 0.963 bits per heavy atom. The number of hydrogen-bond donors (Lipinski definition) is 3. The van der Waals surface area contributed by atoms with E-state index >= 15 is 0 Å². The Hall–Kier alpha value is -3.02. The Labute approximate surface area is 159 Å². The van der Waals surface area contributed by atoms with Crippen LogP contribution in [0.25, 0.3) is 0 Å². The number of anilines is 1. The molecule has 0 bridgehead atoms. The van der Waals surface area contributed by atoms with Crippen molar-refractivity contribution < 1.29 is 14.3 Å². The molecule has 0 heterocycles. The van der Waals surface area contributed by atoms with E-state index in [0.29, 0.717) is 30.4 Å². The number of benzene rings is 2. The minimum Gasteiger partial charge on any atom is -0.484 e. The minimum absolute atomic E-state index is 0.0126. The lowest BCUT2D eigenvalue weighted by Crippen LogP contribution is -2.30. The van der Waals surface area contributed by atoms with Crippen LogP contribution >= 0.6 is 0 Å². The number of carbonyl (C=O) groups is 2. The third-order valence-corrected chi connectivity index (χ3v) is 4.32. The molecule has 6 heteroatoms. The molecule has 4 N–H and O–H groups in total. The molecule has 2 amide bonds. The van der Waals surface area contributed by atoms with Gasteiger partial charge in [-0.25, -0.2) is 0 Å². The first kappa shape index (κ1) is 18.8. The average Bonchev–Trinajstić information content (AvgIpc) is 3.47. The lowest BCUT2D eigenvalue weighted by Gasteiger charge is -2.08. The molecule has 0 aliphatic heterocycles. The molecule has 0 atom stereocenters. The minimum atomic E-state index is -0.0783. The molecule has 1 saturated carbocycles. The Morgan fingerprint density at radius 3 is 2.30 bits per heavy atom. The summed E-state index contributed by atoms with van der Waals surface area (Å²) in [5.41, 5.74) is 8.36. The summed E-state index contributed by atoms with van der Waals surface area (Å²) >= 11 is 0. The van der Waals surface area contributed by atoms with E-state index < -0.39 is 0 Å². The van der Waals surface area contributed by atoms with Crippen LogP contribution in [0.3, 0.4) is 0 Å². The van der Waals surface area contributed by atoms with Gasteiger partial charge in [0.25, 0.3) is 5.91 Å². The number of rotatable bonds is 9. The van der Waals surface area contributed by atoms with Gasteiger partial charge in [0, 0.05) is 18.3 Å². The SMILES string of the molecule is Nc1ccc(CC(=O)NCCc2ccc(OCC(=O)NC3CC3)cc2)cc1. The summed E-state index contributed by atoms with van der Waals surface area (Å²) in [7, 11) is 0. The molecule has 27 heavy (non-hydrogen) atoms. The Morgan fingerprint density at radius 2 is 1.63 bits per heavy atom. The molecule has 142 valence electrons. The van der Waals surface area contributed by atoms with E-state index in [9.17, 15) is 9.59 Å². The number of ether oxygens (including phenoxy) is 1. The summed E-state index contributed by atoms with van der Waals surface area (Å²) in [6.07, 6.45) is 3.21. The Balaban J connectivity index is 1.34. The van der Waals surface area contributed by atoms with Crippen molar-refractivity contribution >= 4 is 17.5 Å². The fraction of sp³-hybridized carbons (Fsp3) is 0.333. The van der Waals surface area contributed by atoms with Crippen LogP contribution < -0.4 is 21.1 Å². The number of nitrogen functional groups attached to an aromatic ring is 1. The van der Waals surface area contributed by atoms with Gasteiger partial charge in [-0.3, -0.25) is 9.59 Å². The molecule has 2 aromatic rings. The molecule has 1 fully saturated rings. The van der Waals surface area contributed by atoms with Gasteiger partial charge in [-0.1, -0.05) is 24.3 Å². The van der Waals surface area contributed by atoms with Crippen LogP contribution in [0.2, 0.25) is 0 Å². The number of carbonyl (C=O) groups excluding carboxylic acids is 2. The van der Waals surface area contributed by atoms with Gasteiger partial charge in [0.15, 0.2) is 6.61 Å². The summed E-state index contributed by atoms with van der Waals surface area (Å²) in [6.45, 7) is 0.606. The lowest BCUT2D eigenvalue weighted by atomic mass is 10.1. The fourth-order valence-electron chi connectivity index (χ4n) is 2.63. The van der Waals surface area contributed by atoms with Crippen molar-refractivity contribution in [3.8, 4) is 5.75 Å². The smallest absolute Gasteiger partial charge is 0.258 e. The quantitative estimate of drug-likeness (QED) is 0.590. The van der Waals surface area contributed by atoms with Crippen LogP contribution in [0, 0.1) is 0 Å². The number of hydrogen-bond acceptors (Lipinski definition) is 4. The highest BCUT2D eigenvalue weighted by molar-refractivity contribution is 5.78. The van der Waals surface area contributed by atoms with Crippen LogP contribution in [-0.4, -0.2) is 31.0 Å². The molecule has 0 spiro atoms. The zero-order chi connectivity index (χ0) is 19.1. The summed E-state index contributed by atoms with van der Waals surface area (Å²) in [6, 6.07) is 15.2. The topological polar surface area (TPSA) is 93.5 Å². The third kappa shape index (κ3) is 6.66. The molecule has 0 unspecified atom stereocenters. The molecule has 1 aliphatic carbocycles. The van der Waals surface area contributed by atoms with Gasteiger partial charge in [0.2, 0.25) is 5.91 Å². The maximum Gasteiger partial charge on any atom is 0.258 e. The van der Waals surface area contributed by atoms with E-state index in [1.165, 1.54) is 0 Å². The molecule has 6 nitrogen and oxygen atoms in total. The van der Waals surface area contributed by atoms with Crippen molar-refractivity contribution in [2.75, 3.05) is 18.9 Å². The summed E-state index contributed by atoms with van der Waals surface area (Å²) in [4.78, 5) is 23.6. The van der Waals surface area contributed by atoms with E-state index in [2.05, 4.69) is 10.6 Å². The summed E-state index contributed by atoms with van der Waals surface area (Å²) in [5, 5.41) is 5.80. The number of nitrogens with one attached hydrogen (secondary N) is 2. The van der Waals surface area contributed by atoms with Gasteiger partial charge < -0.3 is 21.1 Å². The predicted octanol–water partition coefficient (Wildman–Crippen LogP) is 1.83. The maximum atomic E-state index is 12.0. The maximum absolute atomic E-state index is 12.0. The van der Waals surface area contributed by atoms with Gasteiger partial charge in [0.05, 0.1) is 6.42 Å². The van der Waals surface area contributed by atoms with Crippen LogP contribution in [0.4, 0.5) is 5.69 Å². The highest BCUT2D eigenvalue weighted by Crippen LogP contribution is 2.18. The van der Waals surface area contributed by atoms with Crippen molar-refractivity contribution in [3.05, 3.63) is 59.7 Å². The van der Waals surface area contributed by atoms with Gasteiger partial charge in [0.1, 0.15) is 5.75 Å². The second-order valence-electron chi connectivity index (χ2n) is 6.79. The largest absolute Gasteiger partial charge is 0.484 e.